The van der Waals surface area contributed by atoms with Gasteiger partial charge in [0.25, 0.3) is 0 Å². The Bertz CT molecular complexity index is 1430. The Morgan fingerprint density at radius 2 is 1.57 bits per heavy atom. The van der Waals surface area contributed by atoms with Crippen molar-refractivity contribution in [2.45, 2.75) is 50.3 Å². The second kappa shape index (κ2) is 9.95. The van der Waals surface area contributed by atoms with Crippen LogP contribution in [0, 0.1) is 5.82 Å². The minimum absolute atomic E-state index is 0.0451. The lowest BCUT2D eigenvalue weighted by molar-refractivity contribution is -0.141. The average molecular weight is 527 g/mol. The summed E-state index contributed by atoms with van der Waals surface area (Å²) in [5.41, 5.74) is 2.42. The third-order valence-electron chi connectivity index (χ3n) is 5.86. The van der Waals surface area contributed by atoms with E-state index in [1.165, 1.54) is 24.3 Å². The van der Waals surface area contributed by atoms with Gasteiger partial charge in [0.1, 0.15) is 17.5 Å². The molecule has 0 aromatic heterocycles. The van der Waals surface area contributed by atoms with Crippen molar-refractivity contribution in [1.29, 1.82) is 0 Å². The molecular weight excluding hydrogens is 499 g/mol. The topological polar surface area (TPSA) is 113 Å². The minimum Gasteiger partial charge on any atom is -0.480 e. The molecule has 4 rings (SSSR count). The van der Waals surface area contributed by atoms with Crippen LogP contribution >= 0.6 is 0 Å². The normalized spacial score (nSPS) is 16.1. The van der Waals surface area contributed by atoms with E-state index in [-0.39, 0.29) is 23.7 Å². The first-order valence-electron chi connectivity index (χ1n) is 11.6. The Hall–Kier alpha value is -3.76. The van der Waals surface area contributed by atoms with Crippen LogP contribution in [-0.2, 0) is 32.5 Å². The lowest BCUT2D eigenvalue weighted by atomic mass is 9.95. The first-order valence-corrected chi connectivity index (χ1v) is 13.0. The third-order valence-corrected chi connectivity index (χ3v) is 7.73. The van der Waals surface area contributed by atoms with Gasteiger partial charge in [0, 0.05) is 18.7 Å². The van der Waals surface area contributed by atoms with Gasteiger partial charge < -0.3 is 9.84 Å². The van der Waals surface area contributed by atoms with Gasteiger partial charge in [-0.1, -0.05) is 30.3 Å². The smallest absolute Gasteiger partial charge is 0.412 e. The second-order valence-corrected chi connectivity index (χ2v) is 11.6. The van der Waals surface area contributed by atoms with Crippen molar-refractivity contribution in [3.63, 3.8) is 0 Å². The number of anilines is 1. The zero-order chi connectivity index (χ0) is 27.0. The summed E-state index contributed by atoms with van der Waals surface area (Å²) in [6, 6.07) is 15.4. The standard InChI is InChI=1S/C27H27FN2O6S/c1-27(2,3)36-26(33)29-22-11-6-19-16-30(24(25(31)32)15-20(19)14-22)37(34,35)23-12-7-18(8-13-23)17-4-9-21(28)10-5-17/h4-14,24H,15-16H2,1-3H3,(H,29,33)(H,31,32)/t24-/m1/s1. The van der Waals surface area contributed by atoms with Gasteiger partial charge in [0.15, 0.2) is 0 Å². The van der Waals surface area contributed by atoms with Crippen LogP contribution in [0.1, 0.15) is 31.9 Å². The number of nitrogens with zero attached hydrogens (tertiary/aromatic N) is 1. The summed E-state index contributed by atoms with van der Waals surface area (Å²) in [5.74, 6) is -1.65. The first kappa shape index (κ1) is 26.3. The van der Waals surface area contributed by atoms with Crippen LogP contribution in [0.2, 0.25) is 0 Å². The van der Waals surface area contributed by atoms with Gasteiger partial charge in [0.05, 0.1) is 4.90 Å². The third kappa shape index (κ3) is 5.98. The lowest BCUT2D eigenvalue weighted by Gasteiger charge is -2.33. The molecule has 1 atom stereocenters. The number of halogens is 1. The van der Waals surface area contributed by atoms with Gasteiger partial charge >= 0.3 is 12.1 Å². The number of hydrogen-bond acceptors (Lipinski definition) is 5. The number of carbonyl (C=O) groups excluding carboxylic acids is 1. The van der Waals surface area contributed by atoms with Crippen molar-refractivity contribution < 1.29 is 32.2 Å². The molecule has 3 aromatic carbocycles. The molecule has 0 spiro atoms. The van der Waals surface area contributed by atoms with Gasteiger partial charge in [-0.2, -0.15) is 4.31 Å². The number of fused-ring (bicyclic) bond motifs is 1. The molecule has 3 aromatic rings. The highest BCUT2D eigenvalue weighted by Gasteiger charge is 2.39. The lowest BCUT2D eigenvalue weighted by Crippen LogP contribution is -2.48. The molecule has 1 heterocycles. The Morgan fingerprint density at radius 3 is 2.14 bits per heavy atom. The number of hydrogen-bond donors (Lipinski definition) is 2. The monoisotopic (exact) mass is 526 g/mol. The molecule has 1 aliphatic heterocycles. The molecule has 8 nitrogen and oxygen atoms in total. The van der Waals surface area contributed by atoms with Crippen molar-refractivity contribution in [2.24, 2.45) is 0 Å². The molecule has 37 heavy (non-hydrogen) atoms. The molecule has 1 amide bonds. The zero-order valence-electron chi connectivity index (χ0n) is 20.6. The van der Waals surface area contributed by atoms with Gasteiger partial charge in [0.2, 0.25) is 10.0 Å². The molecule has 1 aliphatic rings. The second-order valence-electron chi connectivity index (χ2n) is 9.75. The van der Waals surface area contributed by atoms with Crippen LogP contribution in [0.25, 0.3) is 11.1 Å². The first-order chi connectivity index (χ1) is 17.3. The van der Waals surface area contributed by atoms with Crippen LogP contribution < -0.4 is 5.32 Å². The van der Waals surface area contributed by atoms with Crippen LogP contribution in [0.4, 0.5) is 14.9 Å². The van der Waals surface area contributed by atoms with E-state index in [1.807, 2.05) is 0 Å². The van der Waals surface area contributed by atoms with E-state index >= 15 is 0 Å². The SMILES string of the molecule is CC(C)(C)OC(=O)Nc1ccc2c(c1)C[C@H](C(=O)O)N(S(=O)(=O)c1ccc(-c3ccc(F)cc3)cc1)C2. The minimum atomic E-state index is -4.15. The molecular formula is C27H27FN2O6S. The zero-order valence-corrected chi connectivity index (χ0v) is 21.4. The number of carbonyl (C=O) groups is 2. The van der Waals surface area contributed by atoms with E-state index < -0.39 is 33.7 Å². The number of carboxylic acids is 1. The molecule has 194 valence electrons. The molecule has 0 aliphatic carbocycles. The van der Waals surface area contributed by atoms with Crippen molar-refractivity contribution in [2.75, 3.05) is 5.32 Å². The number of rotatable bonds is 5. The fraction of sp³-hybridized carbons (Fsp3) is 0.259. The summed E-state index contributed by atoms with van der Waals surface area (Å²) in [4.78, 5) is 24.2. The predicted octanol–water partition coefficient (Wildman–Crippen LogP) is 5.04. The molecule has 0 fully saturated rings. The Kier molecular flexibility index (Phi) is 7.07. The summed E-state index contributed by atoms with van der Waals surface area (Å²) in [5, 5.41) is 12.5. The van der Waals surface area contributed by atoms with E-state index in [0.717, 1.165) is 9.87 Å². The van der Waals surface area contributed by atoms with Crippen molar-refractivity contribution in [1.82, 2.24) is 4.31 Å². The highest BCUT2D eigenvalue weighted by molar-refractivity contribution is 7.89. The number of sulfonamides is 1. The molecule has 0 saturated carbocycles. The van der Waals surface area contributed by atoms with E-state index in [9.17, 15) is 27.5 Å². The number of nitrogens with one attached hydrogen (secondary N) is 1. The number of amides is 1. The maximum absolute atomic E-state index is 13.5. The summed E-state index contributed by atoms with van der Waals surface area (Å²) in [6.45, 7) is 5.08. The van der Waals surface area contributed by atoms with Gasteiger partial charge in [-0.15, -0.1) is 0 Å². The number of aliphatic carboxylic acids is 1. The molecule has 2 N–H and O–H groups in total. The van der Waals surface area contributed by atoms with Crippen LogP contribution in [0.15, 0.2) is 71.6 Å². The van der Waals surface area contributed by atoms with Crippen molar-refractivity contribution in [3.05, 3.63) is 83.7 Å². The Morgan fingerprint density at radius 1 is 0.973 bits per heavy atom. The van der Waals surface area contributed by atoms with E-state index in [4.69, 9.17) is 4.74 Å². The number of carboxylic acid groups (broad SMARTS) is 1. The van der Waals surface area contributed by atoms with Crippen LogP contribution in [0.5, 0.6) is 0 Å². The van der Waals surface area contributed by atoms with Crippen LogP contribution in [0.3, 0.4) is 0 Å². The van der Waals surface area contributed by atoms with Crippen molar-refractivity contribution >= 4 is 27.8 Å². The molecule has 0 bridgehead atoms. The molecule has 10 heteroatoms. The summed E-state index contributed by atoms with van der Waals surface area (Å²) in [6.07, 6.45) is -0.715. The number of ether oxygens (including phenoxy) is 1. The average Bonchev–Trinajstić information content (AvgIpc) is 2.82. The molecule has 0 saturated heterocycles. The fourth-order valence-electron chi connectivity index (χ4n) is 4.12. The van der Waals surface area contributed by atoms with Gasteiger partial charge in [-0.05, 0) is 79.4 Å². The Labute approximate surface area is 214 Å². The van der Waals surface area contributed by atoms with Gasteiger partial charge in [-0.25, -0.2) is 17.6 Å². The molecule has 0 unspecified atom stereocenters. The predicted molar refractivity (Wildman–Crippen MR) is 136 cm³/mol. The van der Waals surface area contributed by atoms with E-state index in [0.29, 0.717) is 22.4 Å². The summed E-state index contributed by atoms with van der Waals surface area (Å²) < 4.78 is 46.4. The maximum atomic E-state index is 13.5. The largest absolute Gasteiger partial charge is 0.480 e. The fourth-order valence-corrected chi connectivity index (χ4v) is 5.68. The number of benzene rings is 3. The maximum Gasteiger partial charge on any atom is 0.412 e. The van der Waals surface area contributed by atoms with Crippen molar-refractivity contribution in [3.8, 4) is 11.1 Å². The van der Waals surface area contributed by atoms with E-state index in [2.05, 4.69) is 5.32 Å². The highest BCUT2D eigenvalue weighted by atomic mass is 32.2. The van der Waals surface area contributed by atoms with Gasteiger partial charge in [-0.3, -0.25) is 10.1 Å². The summed E-state index contributed by atoms with van der Waals surface area (Å²) in [7, 11) is -4.15. The molecule has 0 radical (unpaired) electrons. The summed E-state index contributed by atoms with van der Waals surface area (Å²) >= 11 is 0. The van der Waals surface area contributed by atoms with E-state index in [1.54, 1.807) is 63.2 Å². The Balaban J connectivity index is 1.59. The van der Waals surface area contributed by atoms with Crippen LogP contribution in [-0.4, -0.2) is 41.5 Å². The quantitative estimate of drug-likeness (QED) is 0.482. The highest BCUT2D eigenvalue weighted by Crippen LogP contribution is 2.32.